The summed E-state index contributed by atoms with van der Waals surface area (Å²) in [5.41, 5.74) is 9.25. The molecule has 4 N–H and O–H groups in total. The van der Waals surface area contributed by atoms with Gasteiger partial charge in [0.2, 0.25) is 0 Å². The second kappa shape index (κ2) is 4.48. The summed E-state index contributed by atoms with van der Waals surface area (Å²) in [5.74, 6) is -0.513. The van der Waals surface area contributed by atoms with Crippen molar-refractivity contribution in [3.8, 4) is 0 Å². The van der Waals surface area contributed by atoms with Gasteiger partial charge in [0.1, 0.15) is 5.69 Å². The second-order valence-electron chi connectivity index (χ2n) is 3.32. The summed E-state index contributed by atoms with van der Waals surface area (Å²) in [6.45, 7) is 0. The molecule has 1 aromatic carbocycles. The highest BCUT2D eigenvalue weighted by atomic mass is 16.2. The normalized spacial score (nSPS) is 9.88. The molecule has 0 bridgehead atoms. The molecule has 0 aliphatic carbocycles. The summed E-state index contributed by atoms with van der Waals surface area (Å²) in [5, 5.41) is 1.60. The summed E-state index contributed by atoms with van der Waals surface area (Å²) >= 11 is 0. The molecule has 2 rings (SSSR count). The lowest BCUT2D eigenvalue weighted by Crippen LogP contribution is -2.44. The minimum Gasteiger partial charge on any atom is -0.350 e. The number of nitrogens with zero attached hydrogens (tertiary/aromatic N) is 1. The Balaban J connectivity index is 2.35. The number of primary amides is 1. The van der Waals surface area contributed by atoms with Gasteiger partial charge in [-0.2, -0.15) is 0 Å². The highest BCUT2D eigenvalue weighted by molar-refractivity contribution is 6.05. The van der Waals surface area contributed by atoms with E-state index in [4.69, 9.17) is 5.73 Å². The molecular formula is C11H10N4O2. The molecule has 86 valence electrons. The highest BCUT2D eigenvalue weighted by Gasteiger charge is 2.11. The first kappa shape index (κ1) is 10.9. The molecule has 0 saturated heterocycles. The number of rotatable bonds is 1. The van der Waals surface area contributed by atoms with Crippen LogP contribution in [0.2, 0.25) is 0 Å². The Hall–Kier alpha value is -2.63. The van der Waals surface area contributed by atoms with E-state index in [-0.39, 0.29) is 5.69 Å². The van der Waals surface area contributed by atoms with Crippen molar-refractivity contribution in [3.05, 3.63) is 42.2 Å². The molecule has 0 unspecified atom stereocenters. The molecule has 2 aromatic rings. The third kappa shape index (κ3) is 2.31. The first-order valence-electron chi connectivity index (χ1n) is 4.88. The molecule has 6 nitrogen and oxygen atoms in total. The number of amides is 3. The minimum absolute atomic E-state index is 0.233. The van der Waals surface area contributed by atoms with Crippen molar-refractivity contribution in [2.24, 2.45) is 5.73 Å². The Labute approximate surface area is 96.8 Å². The highest BCUT2D eigenvalue weighted by Crippen LogP contribution is 2.15. The van der Waals surface area contributed by atoms with E-state index in [2.05, 4.69) is 10.4 Å². The van der Waals surface area contributed by atoms with Gasteiger partial charge in [-0.1, -0.05) is 24.3 Å². The van der Waals surface area contributed by atoms with Gasteiger partial charge in [0, 0.05) is 11.6 Å². The Morgan fingerprint density at radius 1 is 1.12 bits per heavy atom. The topological polar surface area (TPSA) is 97.1 Å². The van der Waals surface area contributed by atoms with Crippen LogP contribution in [0.1, 0.15) is 10.5 Å². The number of nitrogens with one attached hydrogen (secondary N) is 2. The molecule has 1 aromatic heterocycles. The average molecular weight is 230 g/mol. The van der Waals surface area contributed by atoms with Crippen LogP contribution in [-0.4, -0.2) is 16.9 Å². The van der Waals surface area contributed by atoms with E-state index in [1.165, 1.54) is 6.20 Å². The molecule has 0 atom stereocenters. The monoisotopic (exact) mass is 230 g/mol. The fourth-order valence-electron chi connectivity index (χ4n) is 1.48. The number of hydrogen-bond donors (Lipinski definition) is 3. The third-order valence-corrected chi connectivity index (χ3v) is 2.19. The van der Waals surface area contributed by atoms with Crippen molar-refractivity contribution in [2.45, 2.75) is 0 Å². The molecule has 0 saturated carbocycles. The molecular weight excluding hydrogens is 220 g/mol. The number of aromatic nitrogens is 1. The number of nitrogens with two attached hydrogens (primary N) is 1. The minimum atomic E-state index is -0.835. The molecule has 3 amide bonds. The molecule has 17 heavy (non-hydrogen) atoms. The van der Waals surface area contributed by atoms with Crippen LogP contribution in [-0.2, 0) is 0 Å². The van der Waals surface area contributed by atoms with Gasteiger partial charge in [-0.3, -0.25) is 15.2 Å². The van der Waals surface area contributed by atoms with Crippen LogP contribution in [0.5, 0.6) is 0 Å². The standard InChI is InChI=1S/C11H10N4O2/c12-11(17)15-14-10(16)9-8-4-2-1-3-7(8)5-6-13-9/h1-6H,(H,14,16)(H3,12,15,17). The van der Waals surface area contributed by atoms with E-state index in [1.54, 1.807) is 12.1 Å². The number of hydrazine groups is 1. The van der Waals surface area contributed by atoms with Crippen molar-refractivity contribution in [1.82, 2.24) is 15.8 Å². The Bertz CT molecular complexity index is 577. The van der Waals surface area contributed by atoms with Gasteiger partial charge >= 0.3 is 6.03 Å². The largest absolute Gasteiger partial charge is 0.350 e. The van der Waals surface area contributed by atoms with Crippen molar-refractivity contribution in [3.63, 3.8) is 0 Å². The molecule has 0 aliphatic rings. The number of urea groups is 1. The zero-order chi connectivity index (χ0) is 12.3. The van der Waals surface area contributed by atoms with E-state index in [1.807, 2.05) is 23.6 Å². The van der Waals surface area contributed by atoms with Crippen LogP contribution in [0.15, 0.2) is 36.5 Å². The molecule has 6 heteroatoms. The van der Waals surface area contributed by atoms with Crippen LogP contribution < -0.4 is 16.6 Å². The summed E-state index contributed by atoms with van der Waals surface area (Å²) < 4.78 is 0. The van der Waals surface area contributed by atoms with E-state index in [0.717, 1.165) is 5.39 Å². The van der Waals surface area contributed by atoms with Crippen LogP contribution in [0.25, 0.3) is 10.8 Å². The Kier molecular flexibility index (Phi) is 2.87. The van der Waals surface area contributed by atoms with Crippen LogP contribution in [0, 0.1) is 0 Å². The smallest absolute Gasteiger partial charge is 0.330 e. The van der Waals surface area contributed by atoms with Gasteiger partial charge < -0.3 is 5.73 Å². The first-order chi connectivity index (χ1) is 8.18. The maximum Gasteiger partial charge on any atom is 0.330 e. The van der Waals surface area contributed by atoms with E-state index >= 15 is 0 Å². The number of carbonyl (C=O) groups excluding carboxylic acids is 2. The number of pyridine rings is 1. The Morgan fingerprint density at radius 3 is 2.65 bits per heavy atom. The zero-order valence-corrected chi connectivity index (χ0v) is 8.81. The third-order valence-electron chi connectivity index (χ3n) is 2.19. The van der Waals surface area contributed by atoms with Gasteiger partial charge in [-0.25, -0.2) is 10.2 Å². The van der Waals surface area contributed by atoms with E-state index in [0.29, 0.717) is 5.39 Å². The number of benzene rings is 1. The van der Waals surface area contributed by atoms with Gasteiger partial charge in [0.25, 0.3) is 5.91 Å². The van der Waals surface area contributed by atoms with Crippen molar-refractivity contribution in [1.29, 1.82) is 0 Å². The fourth-order valence-corrected chi connectivity index (χ4v) is 1.48. The van der Waals surface area contributed by atoms with Crippen LogP contribution >= 0.6 is 0 Å². The maximum absolute atomic E-state index is 11.7. The van der Waals surface area contributed by atoms with E-state index in [9.17, 15) is 9.59 Å². The molecule has 0 aliphatic heterocycles. The number of fused-ring (bicyclic) bond motifs is 1. The molecule has 0 fully saturated rings. The lowest BCUT2D eigenvalue weighted by molar-refractivity contribution is 0.0934. The average Bonchev–Trinajstić information content (AvgIpc) is 2.35. The predicted octanol–water partition coefficient (Wildman–Crippen LogP) is 0.548. The summed E-state index contributed by atoms with van der Waals surface area (Å²) in [4.78, 5) is 26.2. The van der Waals surface area contributed by atoms with Crippen molar-refractivity contribution < 1.29 is 9.59 Å². The molecule has 0 spiro atoms. The number of carbonyl (C=O) groups is 2. The van der Waals surface area contributed by atoms with Crippen LogP contribution in [0.4, 0.5) is 4.79 Å². The summed E-state index contributed by atoms with van der Waals surface area (Å²) in [7, 11) is 0. The Morgan fingerprint density at radius 2 is 1.88 bits per heavy atom. The van der Waals surface area contributed by atoms with Gasteiger partial charge in [0.15, 0.2) is 0 Å². The summed E-state index contributed by atoms with van der Waals surface area (Å²) in [6.07, 6.45) is 1.53. The lowest BCUT2D eigenvalue weighted by Gasteiger charge is -2.06. The lowest BCUT2D eigenvalue weighted by atomic mass is 10.1. The van der Waals surface area contributed by atoms with Gasteiger partial charge in [-0.15, -0.1) is 0 Å². The second-order valence-corrected chi connectivity index (χ2v) is 3.32. The maximum atomic E-state index is 11.7. The fraction of sp³-hybridized carbons (Fsp3) is 0. The van der Waals surface area contributed by atoms with E-state index < -0.39 is 11.9 Å². The molecule has 0 radical (unpaired) electrons. The van der Waals surface area contributed by atoms with Crippen molar-refractivity contribution in [2.75, 3.05) is 0 Å². The quantitative estimate of drug-likeness (QED) is 0.624. The van der Waals surface area contributed by atoms with Crippen LogP contribution in [0.3, 0.4) is 0 Å². The number of hydrogen-bond acceptors (Lipinski definition) is 3. The predicted molar refractivity (Wildman–Crippen MR) is 61.9 cm³/mol. The SMILES string of the molecule is NC(=O)NNC(=O)c1nccc2ccccc12. The molecule has 1 heterocycles. The van der Waals surface area contributed by atoms with Gasteiger partial charge in [-0.05, 0) is 11.5 Å². The zero-order valence-electron chi connectivity index (χ0n) is 8.81. The van der Waals surface area contributed by atoms with Crippen molar-refractivity contribution >= 4 is 22.7 Å². The van der Waals surface area contributed by atoms with Gasteiger partial charge in [0.05, 0.1) is 0 Å². The first-order valence-corrected chi connectivity index (χ1v) is 4.88. The summed E-state index contributed by atoms with van der Waals surface area (Å²) in [6, 6.07) is 8.29.